The first-order chi connectivity index (χ1) is 7.49. The van der Waals surface area contributed by atoms with E-state index < -0.39 is 12.0 Å². The van der Waals surface area contributed by atoms with Gasteiger partial charge in [-0.05, 0) is 6.92 Å². The molecule has 0 aliphatic heterocycles. The Kier molecular flexibility index (Phi) is 3.95. The van der Waals surface area contributed by atoms with Crippen LogP contribution in [0.15, 0.2) is 6.20 Å². The Balaban J connectivity index is 2.46. The fraction of sp³-hybridized carbons (Fsp3) is 0.500. The van der Waals surface area contributed by atoms with E-state index in [2.05, 4.69) is 21.2 Å². The first-order valence-corrected chi connectivity index (χ1v) is 4.62. The number of hydrazine groups is 1. The molecule has 1 rings (SSSR count). The maximum absolute atomic E-state index is 11.2. The van der Waals surface area contributed by atoms with Crippen LogP contribution in [0.4, 0.5) is 0 Å². The predicted octanol–water partition coefficient (Wildman–Crippen LogP) is -1.50. The van der Waals surface area contributed by atoms with E-state index in [1.165, 1.54) is 17.8 Å². The largest absolute Gasteiger partial charge is 0.387 e. The smallest absolute Gasteiger partial charge is 0.260 e. The van der Waals surface area contributed by atoms with Crippen LogP contribution in [-0.4, -0.2) is 31.9 Å². The van der Waals surface area contributed by atoms with Gasteiger partial charge in [0.2, 0.25) is 5.91 Å². The van der Waals surface area contributed by atoms with Gasteiger partial charge in [0.1, 0.15) is 12.2 Å². The maximum atomic E-state index is 11.2. The molecule has 2 amide bonds. The van der Waals surface area contributed by atoms with Crippen LogP contribution in [-0.2, 0) is 16.1 Å². The van der Waals surface area contributed by atoms with E-state index in [0.29, 0.717) is 5.69 Å². The fourth-order valence-electron chi connectivity index (χ4n) is 0.926. The van der Waals surface area contributed by atoms with Crippen LogP contribution in [0, 0.1) is 0 Å². The third-order valence-electron chi connectivity index (χ3n) is 1.67. The number of hydrogen-bond donors (Lipinski definition) is 3. The van der Waals surface area contributed by atoms with Gasteiger partial charge in [0.15, 0.2) is 0 Å². The van der Waals surface area contributed by atoms with Gasteiger partial charge in [-0.25, -0.2) is 4.68 Å². The van der Waals surface area contributed by atoms with Crippen molar-refractivity contribution in [2.24, 2.45) is 0 Å². The van der Waals surface area contributed by atoms with Crippen LogP contribution in [0.25, 0.3) is 0 Å². The Morgan fingerprint density at radius 3 is 2.75 bits per heavy atom. The molecule has 8 nitrogen and oxygen atoms in total. The van der Waals surface area contributed by atoms with Crippen molar-refractivity contribution in [3.8, 4) is 0 Å². The van der Waals surface area contributed by atoms with Gasteiger partial charge in [-0.1, -0.05) is 5.21 Å². The van der Waals surface area contributed by atoms with E-state index in [9.17, 15) is 14.7 Å². The highest BCUT2D eigenvalue weighted by Crippen LogP contribution is 2.05. The van der Waals surface area contributed by atoms with Crippen molar-refractivity contribution < 1.29 is 14.7 Å². The molecule has 0 spiro atoms. The second-order valence-corrected chi connectivity index (χ2v) is 3.25. The molecule has 0 aliphatic rings. The highest BCUT2D eigenvalue weighted by Gasteiger charge is 2.08. The Bertz CT molecular complexity index is 387. The van der Waals surface area contributed by atoms with Crippen molar-refractivity contribution in [3.63, 3.8) is 0 Å². The Morgan fingerprint density at radius 1 is 1.56 bits per heavy atom. The minimum atomic E-state index is -0.729. The predicted molar refractivity (Wildman–Crippen MR) is 52.6 cm³/mol. The maximum Gasteiger partial charge on any atom is 0.260 e. The molecule has 88 valence electrons. The van der Waals surface area contributed by atoms with Gasteiger partial charge in [-0.2, -0.15) is 0 Å². The van der Waals surface area contributed by atoms with Gasteiger partial charge in [-0.15, -0.1) is 5.10 Å². The molecule has 0 bridgehead atoms. The molecule has 1 atom stereocenters. The molecule has 0 saturated heterocycles. The number of rotatable bonds is 3. The lowest BCUT2D eigenvalue weighted by Gasteiger charge is -2.03. The number of hydrogen-bond acceptors (Lipinski definition) is 5. The topological polar surface area (TPSA) is 109 Å². The van der Waals surface area contributed by atoms with Crippen LogP contribution in [0.2, 0.25) is 0 Å². The molecule has 16 heavy (non-hydrogen) atoms. The lowest BCUT2D eigenvalue weighted by molar-refractivity contribution is -0.128. The molecule has 1 aromatic rings. The number of carbonyl (C=O) groups excluding carboxylic acids is 2. The monoisotopic (exact) mass is 227 g/mol. The molecule has 0 fully saturated rings. The van der Waals surface area contributed by atoms with Crippen molar-refractivity contribution in [3.05, 3.63) is 11.9 Å². The number of carbonyl (C=O) groups is 2. The molecule has 1 heterocycles. The quantitative estimate of drug-likeness (QED) is 0.544. The first-order valence-electron chi connectivity index (χ1n) is 4.62. The van der Waals surface area contributed by atoms with Crippen molar-refractivity contribution >= 4 is 11.8 Å². The summed E-state index contributed by atoms with van der Waals surface area (Å²) in [4.78, 5) is 21.7. The number of aliphatic hydroxyl groups excluding tert-OH is 1. The number of nitrogens with zero attached hydrogens (tertiary/aromatic N) is 3. The third-order valence-corrected chi connectivity index (χ3v) is 1.67. The van der Waals surface area contributed by atoms with Gasteiger partial charge in [-0.3, -0.25) is 20.4 Å². The van der Waals surface area contributed by atoms with Crippen molar-refractivity contribution in [1.82, 2.24) is 25.8 Å². The van der Waals surface area contributed by atoms with E-state index in [4.69, 9.17) is 0 Å². The molecule has 0 saturated carbocycles. The summed E-state index contributed by atoms with van der Waals surface area (Å²) in [5.41, 5.74) is 4.71. The summed E-state index contributed by atoms with van der Waals surface area (Å²) in [6, 6.07) is 0. The second-order valence-electron chi connectivity index (χ2n) is 3.25. The number of nitrogens with one attached hydrogen (secondary N) is 2. The molecule has 3 N–H and O–H groups in total. The zero-order valence-corrected chi connectivity index (χ0v) is 8.97. The van der Waals surface area contributed by atoms with Gasteiger partial charge in [0.25, 0.3) is 5.91 Å². The molecule has 0 aromatic carbocycles. The Morgan fingerprint density at radius 2 is 2.25 bits per heavy atom. The molecular formula is C8H13N5O3. The van der Waals surface area contributed by atoms with Gasteiger partial charge in [0.05, 0.1) is 12.3 Å². The van der Waals surface area contributed by atoms with Gasteiger partial charge < -0.3 is 5.11 Å². The summed E-state index contributed by atoms with van der Waals surface area (Å²) in [6.45, 7) is 2.74. The van der Waals surface area contributed by atoms with E-state index in [0.717, 1.165) is 0 Å². The standard InChI is InChI=1S/C8H13N5O3/c1-5(14)7-3-13(12-10-7)4-8(16)11-9-6(2)15/h3,5,14H,4H2,1-2H3,(H,9,15)(H,11,16). The molecule has 8 heteroatoms. The van der Waals surface area contributed by atoms with Crippen LogP contribution < -0.4 is 10.9 Å². The molecule has 0 aliphatic carbocycles. The van der Waals surface area contributed by atoms with Gasteiger partial charge >= 0.3 is 0 Å². The molecular weight excluding hydrogens is 214 g/mol. The summed E-state index contributed by atoms with van der Waals surface area (Å²) in [7, 11) is 0. The van der Waals surface area contributed by atoms with Crippen LogP contribution >= 0.6 is 0 Å². The van der Waals surface area contributed by atoms with Crippen LogP contribution in [0.3, 0.4) is 0 Å². The summed E-state index contributed by atoms with van der Waals surface area (Å²) in [6.07, 6.45) is 0.727. The normalized spacial score (nSPS) is 11.9. The summed E-state index contributed by atoms with van der Waals surface area (Å²) < 4.78 is 1.26. The lowest BCUT2D eigenvalue weighted by atomic mass is 10.3. The zero-order valence-electron chi connectivity index (χ0n) is 8.97. The van der Waals surface area contributed by atoms with Crippen LogP contribution in [0.1, 0.15) is 25.6 Å². The summed E-state index contributed by atoms with van der Waals surface area (Å²) in [5, 5.41) is 16.5. The van der Waals surface area contributed by atoms with Crippen molar-refractivity contribution in [1.29, 1.82) is 0 Å². The Labute approximate surface area is 91.6 Å². The fourth-order valence-corrected chi connectivity index (χ4v) is 0.926. The minimum Gasteiger partial charge on any atom is -0.387 e. The SMILES string of the molecule is CC(=O)NNC(=O)Cn1cc(C(C)O)nn1. The molecule has 1 aromatic heterocycles. The minimum absolute atomic E-state index is 0.0833. The van der Waals surface area contributed by atoms with Crippen molar-refractivity contribution in [2.45, 2.75) is 26.5 Å². The Hall–Kier alpha value is -1.96. The van der Waals surface area contributed by atoms with Crippen molar-refractivity contribution in [2.75, 3.05) is 0 Å². The average Bonchev–Trinajstić information content (AvgIpc) is 2.63. The number of aliphatic hydroxyl groups is 1. The second kappa shape index (κ2) is 5.21. The highest BCUT2D eigenvalue weighted by molar-refractivity contribution is 5.80. The molecule has 1 unspecified atom stereocenters. The molecule has 0 radical (unpaired) electrons. The number of aromatic nitrogens is 3. The number of amides is 2. The van der Waals surface area contributed by atoms with E-state index in [1.54, 1.807) is 6.92 Å². The van der Waals surface area contributed by atoms with E-state index in [-0.39, 0.29) is 12.5 Å². The average molecular weight is 227 g/mol. The van der Waals surface area contributed by atoms with E-state index in [1.807, 2.05) is 0 Å². The summed E-state index contributed by atoms with van der Waals surface area (Å²) >= 11 is 0. The lowest BCUT2D eigenvalue weighted by Crippen LogP contribution is -2.42. The van der Waals surface area contributed by atoms with E-state index >= 15 is 0 Å². The van der Waals surface area contributed by atoms with Crippen LogP contribution in [0.5, 0.6) is 0 Å². The summed E-state index contributed by atoms with van der Waals surface area (Å²) in [5.74, 6) is -0.797. The van der Waals surface area contributed by atoms with Gasteiger partial charge in [0, 0.05) is 6.92 Å². The first kappa shape index (κ1) is 12.1. The highest BCUT2D eigenvalue weighted by atomic mass is 16.3. The zero-order chi connectivity index (χ0) is 12.1. The third kappa shape index (κ3) is 3.65.